The van der Waals surface area contributed by atoms with Gasteiger partial charge in [0.25, 0.3) is 16.7 Å². The van der Waals surface area contributed by atoms with Crippen LogP contribution in [0.5, 0.6) is 34.5 Å². The Labute approximate surface area is 555 Å². The molecule has 6 aromatic rings. The fourth-order valence-corrected chi connectivity index (χ4v) is 14.1. The van der Waals surface area contributed by atoms with Crippen LogP contribution in [0.25, 0.3) is 0 Å². The van der Waals surface area contributed by atoms with Gasteiger partial charge in [-0.3, -0.25) is 47.1 Å². The minimum Gasteiger partial charge on any atom is -0.454 e. The Kier molecular flexibility index (Phi) is 22.1. The number of fused-ring (bicyclic) bond motifs is 6. The summed E-state index contributed by atoms with van der Waals surface area (Å²) in [6, 6.07) is 11.7. The molecule has 7 N–H and O–H groups in total. The van der Waals surface area contributed by atoms with Crippen molar-refractivity contribution in [1.29, 1.82) is 0 Å². The second kappa shape index (κ2) is 29.1. The lowest BCUT2D eigenvalue weighted by molar-refractivity contribution is 0.173. The number of benzene rings is 3. The molecule has 2 saturated carbocycles. The van der Waals surface area contributed by atoms with Gasteiger partial charge in [0.05, 0.1) is 22.2 Å². The first-order valence-corrected chi connectivity index (χ1v) is 32.6. The highest BCUT2D eigenvalue weighted by molar-refractivity contribution is 9.09. The number of nitrogens with two attached hydrogens (primary N) is 1. The van der Waals surface area contributed by atoms with E-state index in [2.05, 4.69) is 58.4 Å². The normalized spacial score (nSPS) is 20.1. The Morgan fingerprint density at radius 3 is 1.34 bits per heavy atom. The molecule has 3 aromatic carbocycles. The standard InChI is InChI=1S/C22H27ClN4O4.C16H15BrClN3O4.C8H6Cl2O2.C7H9BrN4O2.C6H13N.CH4/c1-26-20-18(21(28)27(2)22(26)29)14(19(25-20)24-13-6-4-3-5-7-13)8-12-9-16-17(10-15(12)23)31-11-30-16;1-20-14-12(15(22)21(2)16(20)23)8(13(17)19-14)3-7-4-10-11(5-9(7)18)25-6-24-10;9-3-5-1-7-8(2-6(5)10)12-4-11-7;1-11-4-3(9-6(8)10-4)5(13)12(2)7(11)14;7-6-4-2-1-3-5-6;/h9-10,13-14,19,24-25H,3-8,11H2,1-2H3;4-5,8,13,19H,3,6H2,1-2H3;1-2H,3-4H2;6,9-10H,1-2H3;6H,1-5,7H2;1H4. The molecular weight excluding hydrogens is 1380 g/mol. The van der Waals surface area contributed by atoms with Crippen LogP contribution >= 0.6 is 78.3 Å². The summed E-state index contributed by atoms with van der Waals surface area (Å²) in [5.74, 6) is 5.62. The summed E-state index contributed by atoms with van der Waals surface area (Å²) in [7, 11) is 9.41. The van der Waals surface area contributed by atoms with Gasteiger partial charge in [-0.25, -0.2) is 14.4 Å². The molecule has 8 aliphatic rings. The van der Waals surface area contributed by atoms with Crippen molar-refractivity contribution in [2.75, 3.05) is 41.6 Å². The molecule has 488 valence electrons. The van der Waals surface area contributed by atoms with Crippen molar-refractivity contribution in [3.8, 4) is 34.5 Å². The monoisotopic (exact) mass is 1450 g/mol. The van der Waals surface area contributed by atoms with Crippen LogP contribution in [-0.4, -0.2) is 76.1 Å². The zero-order chi connectivity index (χ0) is 63.7. The molecule has 0 spiro atoms. The van der Waals surface area contributed by atoms with E-state index in [1.54, 1.807) is 45.4 Å². The van der Waals surface area contributed by atoms with Gasteiger partial charge in [0.2, 0.25) is 20.4 Å². The van der Waals surface area contributed by atoms with Gasteiger partial charge in [-0.15, -0.1) is 11.6 Å². The van der Waals surface area contributed by atoms with Crippen molar-refractivity contribution in [1.82, 2.24) is 32.7 Å². The van der Waals surface area contributed by atoms with Gasteiger partial charge in [0.15, 0.2) is 39.6 Å². The first-order valence-electron chi connectivity index (χ1n) is 29.1. The van der Waals surface area contributed by atoms with Gasteiger partial charge < -0.3 is 55.4 Å². The third-order valence-corrected chi connectivity index (χ3v) is 19.6. The van der Waals surface area contributed by atoms with Crippen molar-refractivity contribution in [3.05, 3.63) is 142 Å². The average Bonchev–Trinajstić information content (AvgIpc) is 1.61. The summed E-state index contributed by atoms with van der Waals surface area (Å²) in [6.45, 7) is 0.613. The Balaban J connectivity index is 0.000000144. The molecule has 90 heavy (non-hydrogen) atoms. The van der Waals surface area contributed by atoms with Crippen LogP contribution in [0.1, 0.15) is 111 Å². The molecule has 0 saturated heterocycles. The Bertz CT molecular complexity index is 4050. The number of hydrogen-bond acceptors (Lipinski definition) is 18. The molecule has 5 atom stereocenters. The van der Waals surface area contributed by atoms with Crippen LogP contribution in [-0.2, 0) is 61.0 Å². The second-order valence-electron chi connectivity index (χ2n) is 22.7. The first-order chi connectivity index (χ1) is 42.5. The highest BCUT2D eigenvalue weighted by atomic mass is 79.9. The number of hydrogen-bond donors (Lipinski definition) is 6. The number of anilines is 4. The van der Waals surface area contributed by atoms with E-state index in [1.807, 2.05) is 12.1 Å². The molecule has 9 heterocycles. The van der Waals surface area contributed by atoms with Crippen LogP contribution in [0.15, 0.2) is 65.2 Å². The van der Waals surface area contributed by atoms with E-state index in [4.69, 9.17) is 80.6 Å². The Morgan fingerprint density at radius 1 is 0.500 bits per heavy atom. The predicted molar refractivity (Wildman–Crippen MR) is 357 cm³/mol. The van der Waals surface area contributed by atoms with Crippen molar-refractivity contribution < 1.29 is 28.4 Å². The molecule has 0 bridgehead atoms. The summed E-state index contributed by atoms with van der Waals surface area (Å²) in [4.78, 5) is 73.4. The molecule has 2 fully saturated rings. The number of alkyl halides is 3. The lowest BCUT2D eigenvalue weighted by Gasteiger charge is -2.30. The van der Waals surface area contributed by atoms with E-state index < -0.39 is 0 Å². The van der Waals surface area contributed by atoms with Crippen LogP contribution < -0.4 is 94.5 Å². The molecule has 30 heteroatoms. The smallest absolute Gasteiger partial charge is 0.332 e. The Hall–Kier alpha value is -6.26. The van der Waals surface area contributed by atoms with Gasteiger partial charge >= 0.3 is 17.1 Å². The SMILES string of the molecule is C.ClCc1cc2c(cc1Cl)OCO2.Cn1c2c(c(=O)n(C)c1=O)C(Cc1cc3c(cc1Cl)OCO3)C(Br)N2.Cn1c2c(c(=O)n(C)c1=O)C(Cc1cc3c(cc1Cl)OCO3)C(NC1CCCCC1)N2.Cn1c2c(c(=O)n(C)c1=O)NC(Br)N2.NC1CCCCC1. The molecule has 3 aromatic heterocycles. The number of ether oxygens (including phenoxy) is 6. The fourth-order valence-electron chi connectivity index (χ4n) is 12.0. The van der Waals surface area contributed by atoms with Gasteiger partial charge in [-0.05, 0) is 89.3 Å². The van der Waals surface area contributed by atoms with Crippen molar-refractivity contribution in [2.24, 2.45) is 48.0 Å². The van der Waals surface area contributed by atoms with Crippen LogP contribution in [0.4, 0.5) is 23.1 Å². The van der Waals surface area contributed by atoms with Crippen LogP contribution in [0.2, 0.25) is 15.1 Å². The van der Waals surface area contributed by atoms with Crippen molar-refractivity contribution >= 4 is 101 Å². The number of rotatable bonds is 7. The highest BCUT2D eigenvalue weighted by Gasteiger charge is 2.40. The molecule has 0 amide bonds. The predicted octanol–water partition coefficient (Wildman–Crippen LogP) is 8.73. The number of aromatic nitrogens is 6. The van der Waals surface area contributed by atoms with Crippen molar-refractivity contribution in [2.45, 2.75) is 130 Å². The topological polar surface area (TPSA) is 274 Å². The van der Waals surface area contributed by atoms with Crippen molar-refractivity contribution in [3.63, 3.8) is 0 Å². The second-order valence-corrected chi connectivity index (χ2v) is 26.1. The van der Waals surface area contributed by atoms with E-state index in [-0.39, 0.29) is 89.6 Å². The summed E-state index contributed by atoms with van der Waals surface area (Å²) in [6.07, 6.45) is 13.4. The lowest BCUT2D eigenvalue weighted by Crippen LogP contribution is -2.45. The maximum atomic E-state index is 13.1. The first kappa shape index (κ1) is 68.1. The zero-order valence-electron chi connectivity index (χ0n) is 49.7. The highest BCUT2D eigenvalue weighted by Crippen LogP contribution is 2.44. The molecule has 6 aliphatic heterocycles. The molecule has 24 nitrogen and oxygen atoms in total. The maximum absolute atomic E-state index is 13.1. The Morgan fingerprint density at radius 2 is 0.889 bits per heavy atom. The summed E-state index contributed by atoms with van der Waals surface area (Å²) >= 11 is 31.3. The molecule has 0 radical (unpaired) electrons. The van der Waals surface area contributed by atoms with E-state index in [0.717, 1.165) is 44.4 Å². The minimum absolute atomic E-state index is 0. The number of nitrogens with one attached hydrogen (secondary N) is 5. The largest absolute Gasteiger partial charge is 0.454 e. The van der Waals surface area contributed by atoms with Gasteiger partial charge in [0, 0.05) is 105 Å². The van der Waals surface area contributed by atoms with Crippen LogP contribution in [0.3, 0.4) is 0 Å². The fraction of sp³-hybridized carbons (Fsp3) is 0.500. The third-order valence-electron chi connectivity index (χ3n) is 17.0. The molecule has 14 rings (SSSR count). The summed E-state index contributed by atoms with van der Waals surface area (Å²) in [5.41, 5.74) is 7.91. The quantitative estimate of drug-likeness (QED) is 0.0644. The third kappa shape index (κ3) is 14.2. The molecular formula is C60H74Br2Cl4N12O12. The van der Waals surface area contributed by atoms with Crippen LogP contribution in [0, 0.1) is 0 Å². The summed E-state index contributed by atoms with van der Waals surface area (Å²) < 4.78 is 39.7. The van der Waals surface area contributed by atoms with E-state index in [1.165, 1.54) is 90.8 Å². The van der Waals surface area contributed by atoms with E-state index in [9.17, 15) is 28.8 Å². The average molecular weight is 1460 g/mol. The van der Waals surface area contributed by atoms with Gasteiger partial charge in [0.1, 0.15) is 23.1 Å². The van der Waals surface area contributed by atoms with Gasteiger partial charge in [-0.2, -0.15) is 0 Å². The molecule has 5 unspecified atom stereocenters. The van der Waals surface area contributed by atoms with E-state index in [0.29, 0.717) is 109 Å². The zero-order valence-corrected chi connectivity index (χ0v) is 55.9. The number of nitrogens with zero attached hydrogens (tertiary/aromatic N) is 6. The van der Waals surface area contributed by atoms with E-state index >= 15 is 0 Å². The minimum atomic E-state index is -0.363. The number of halogens is 6. The summed E-state index contributed by atoms with van der Waals surface area (Å²) in [5, 5.41) is 17.7. The van der Waals surface area contributed by atoms with Gasteiger partial charge in [-0.1, -0.05) is 96.7 Å². The lowest BCUT2D eigenvalue weighted by atomic mass is 9.90. The maximum Gasteiger partial charge on any atom is 0.332 e. The molecule has 2 aliphatic carbocycles.